The average Bonchev–Trinajstić information content (AvgIpc) is 3.10. The Morgan fingerprint density at radius 2 is 1.82 bits per heavy atom. The van der Waals surface area contributed by atoms with Gasteiger partial charge in [0.15, 0.2) is 5.69 Å². The minimum Gasteiger partial charge on any atom is -0.336 e. The number of piperidine rings is 1. The van der Waals surface area contributed by atoms with Crippen molar-refractivity contribution in [2.45, 2.75) is 33.1 Å². The van der Waals surface area contributed by atoms with Crippen molar-refractivity contribution in [3.63, 3.8) is 0 Å². The number of benzene rings is 1. The van der Waals surface area contributed by atoms with Crippen molar-refractivity contribution in [3.05, 3.63) is 65.2 Å². The van der Waals surface area contributed by atoms with Gasteiger partial charge >= 0.3 is 0 Å². The molecule has 1 saturated heterocycles. The molecule has 0 bridgehead atoms. The van der Waals surface area contributed by atoms with Crippen LogP contribution in [-0.2, 0) is 0 Å². The molecule has 0 spiro atoms. The van der Waals surface area contributed by atoms with Crippen LogP contribution >= 0.6 is 0 Å². The Balaban J connectivity index is 1.69. The van der Waals surface area contributed by atoms with Gasteiger partial charge in [0.2, 0.25) is 5.82 Å². The zero-order valence-corrected chi connectivity index (χ0v) is 16.2. The van der Waals surface area contributed by atoms with Crippen molar-refractivity contribution >= 4 is 23.0 Å². The van der Waals surface area contributed by atoms with E-state index in [-0.39, 0.29) is 17.5 Å². The number of imidazole rings is 1. The molecule has 3 aromatic rings. The Kier molecular flexibility index (Phi) is 4.86. The normalized spacial score (nSPS) is 14.3. The molecular weight excluding hydrogens is 352 g/mol. The van der Waals surface area contributed by atoms with Gasteiger partial charge in [0.05, 0.1) is 5.52 Å². The Bertz CT molecular complexity index is 1050. The fourth-order valence-electron chi connectivity index (χ4n) is 3.73. The SMILES string of the molecule is Cc1ccc(NC(=O)c2nc(C(=O)N3CCCCC3)n3ccccc23)c(C)c1. The standard InChI is InChI=1S/C22H24N4O2/c1-15-9-10-17(16(2)14-15)23-21(27)19-18-8-4-7-13-26(18)20(24-19)22(28)25-11-5-3-6-12-25/h4,7-10,13-14H,3,5-6,11-12H2,1-2H3,(H,23,27). The first-order valence-corrected chi connectivity index (χ1v) is 9.69. The summed E-state index contributed by atoms with van der Waals surface area (Å²) in [6, 6.07) is 11.4. The Morgan fingerprint density at radius 3 is 2.57 bits per heavy atom. The highest BCUT2D eigenvalue weighted by Gasteiger charge is 2.26. The zero-order valence-electron chi connectivity index (χ0n) is 16.2. The van der Waals surface area contributed by atoms with Gasteiger partial charge in [-0.05, 0) is 56.9 Å². The van der Waals surface area contributed by atoms with E-state index in [0.29, 0.717) is 11.3 Å². The molecule has 0 atom stereocenters. The molecule has 1 fully saturated rings. The lowest BCUT2D eigenvalue weighted by molar-refractivity contribution is 0.0711. The maximum atomic E-state index is 13.0. The van der Waals surface area contributed by atoms with Crippen LogP contribution in [0.4, 0.5) is 5.69 Å². The van der Waals surface area contributed by atoms with Crippen molar-refractivity contribution in [3.8, 4) is 0 Å². The van der Waals surface area contributed by atoms with Crippen molar-refractivity contribution in [2.75, 3.05) is 18.4 Å². The maximum Gasteiger partial charge on any atom is 0.290 e. The van der Waals surface area contributed by atoms with Crippen LogP contribution in [0.15, 0.2) is 42.6 Å². The van der Waals surface area contributed by atoms with E-state index in [1.54, 1.807) is 10.6 Å². The number of carbonyl (C=O) groups is 2. The largest absolute Gasteiger partial charge is 0.336 e. The first-order chi connectivity index (χ1) is 13.5. The third-order valence-corrected chi connectivity index (χ3v) is 5.23. The quantitative estimate of drug-likeness (QED) is 0.755. The number of likely N-dealkylation sites (tertiary alicyclic amines) is 1. The number of amides is 2. The van der Waals surface area contributed by atoms with E-state index in [4.69, 9.17) is 0 Å². The molecule has 6 nitrogen and oxygen atoms in total. The van der Waals surface area contributed by atoms with Gasteiger partial charge in [-0.1, -0.05) is 23.8 Å². The number of anilines is 1. The number of hydrogen-bond acceptors (Lipinski definition) is 3. The molecule has 1 aliphatic heterocycles. The monoisotopic (exact) mass is 376 g/mol. The van der Waals surface area contributed by atoms with E-state index in [1.165, 1.54) is 0 Å². The predicted molar refractivity (Wildman–Crippen MR) is 109 cm³/mol. The first-order valence-electron chi connectivity index (χ1n) is 9.69. The summed E-state index contributed by atoms with van der Waals surface area (Å²) >= 11 is 0. The average molecular weight is 376 g/mol. The Morgan fingerprint density at radius 1 is 1.04 bits per heavy atom. The van der Waals surface area contributed by atoms with E-state index in [1.807, 2.05) is 55.1 Å². The van der Waals surface area contributed by atoms with E-state index in [0.717, 1.165) is 49.2 Å². The van der Waals surface area contributed by atoms with E-state index < -0.39 is 0 Å². The summed E-state index contributed by atoms with van der Waals surface area (Å²) in [6.45, 7) is 5.45. The van der Waals surface area contributed by atoms with Crippen molar-refractivity contribution in [2.24, 2.45) is 0 Å². The second-order valence-electron chi connectivity index (χ2n) is 7.37. The van der Waals surface area contributed by atoms with Gasteiger partial charge in [-0.25, -0.2) is 4.98 Å². The highest BCUT2D eigenvalue weighted by molar-refractivity contribution is 6.09. The number of rotatable bonds is 3. The van der Waals surface area contributed by atoms with E-state index >= 15 is 0 Å². The van der Waals surface area contributed by atoms with Crippen molar-refractivity contribution < 1.29 is 9.59 Å². The minimum absolute atomic E-state index is 0.119. The number of hydrogen-bond donors (Lipinski definition) is 1. The van der Waals surface area contributed by atoms with Crippen LogP contribution in [0.2, 0.25) is 0 Å². The number of aromatic nitrogens is 2. The summed E-state index contributed by atoms with van der Waals surface area (Å²) in [7, 11) is 0. The van der Waals surface area contributed by atoms with Gasteiger partial charge in [0, 0.05) is 25.0 Å². The second-order valence-corrected chi connectivity index (χ2v) is 7.37. The topological polar surface area (TPSA) is 66.7 Å². The zero-order chi connectivity index (χ0) is 19.7. The van der Waals surface area contributed by atoms with Crippen LogP contribution in [0.25, 0.3) is 5.52 Å². The minimum atomic E-state index is -0.312. The summed E-state index contributed by atoms with van der Waals surface area (Å²) in [6.07, 6.45) is 4.95. The van der Waals surface area contributed by atoms with Crippen LogP contribution in [-0.4, -0.2) is 39.2 Å². The van der Waals surface area contributed by atoms with Crippen LogP contribution < -0.4 is 5.32 Å². The Hall–Kier alpha value is -3.15. The molecule has 1 aromatic carbocycles. The van der Waals surface area contributed by atoms with Crippen molar-refractivity contribution in [1.29, 1.82) is 0 Å². The molecule has 6 heteroatoms. The molecule has 2 amide bonds. The molecule has 3 heterocycles. The number of pyridine rings is 1. The van der Waals surface area contributed by atoms with Crippen LogP contribution in [0.3, 0.4) is 0 Å². The van der Waals surface area contributed by atoms with E-state index in [2.05, 4.69) is 10.3 Å². The second kappa shape index (κ2) is 7.46. The Labute approximate surface area is 164 Å². The van der Waals surface area contributed by atoms with Crippen LogP contribution in [0.5, 0.6) is 0 Å². The fraction of sp³-hybridized carbons (Fsp3) is 0.318. The molecule has 0 unspecified atom stereocenters. The van der Waals surface area contributed by atoms with Gasteiger partial charge in [-0.3, -0.25) is 14.0 Å². The molecule has 1 N–H and O–H groups in total. The molecular formula is C22H24N4O2. The third-order valence-electron chi connectivity index (χ3n) is 5.23. The number of nitrogens with one attached hydrogen (secondary N) is 1. The van der Waals surface area contributed by atoms with Gasteiger partial charge in [0.25, 0.3) is 11.8 Å². The van der Waals surface area contributed by atoms with Gasteiger partial charge in [-0.15, -0.1) is 0 Å². The summed E-state index contributed by atoms with van der Waals surface area (Å²) in [5, 5.41) is 2.94. The highest BCUT2D eigenvalue weighted by Crippen LogP contribution is 2.21. The van der Waals surface area contributed by atoms with Crippen LogP contribution in [0, 0.1) is 13.8 Å². The summed E-state index contributed by atoms with van der Waals surface area (Å²) in [4.78, 5) is 32.3. The lowest BCUT2D eigenvalue weighted by Crippen LogP contribution is -2.36. The van der Waals surface area contributed by atoms with Crippen molar-refractivity contribution in [1.82, 2.24) is 14.3 Å². The smallest absolute Gasteiger partial charge is 0.290 e. The van der Waals surface area contributed by atoms with Crippen LogP contribution in [0.1, 0.15) is 51.5 Å². The summed E-state index contributed by atoms with van der Waals surface area (Å²) in [5.41, 5.74) is 3.77. The molecule has 0 radical (unpaired) electrons. The summed E-state index contributed by atoms with van der Waals surface area (Å²) < 4.78 is 1.72. The molecule has 2 aromatic heterocycles. The van der Waals surface area contributed by atoms with Gasteiger partial charge in [-0.2, -0.15) is 0 Å². The number of aryl methyl sites for hydroxylation is 2. The first kappa shape index (κ1) is 18.2. The summed E-state index contributed by atoms with van der Waals surface area (Å²) in [5.74, 6) is -0.136. The lowest BCUT2D eigenvalue weighted by atomic mass is 10.1. The maximum absolute atomic E-state index is 13.0. The molecule has 0 aliphatic carbocycles. The highest BCUT2D eigenvalue weighted by atomic mass is 16.2. The van der Waals surface area contributed by atoms with Gasteiger partial charge in [0.1, 0.15) is 0 Å². The molecule has 0 saturated carbocycles. The number of fused-ring (bicyclic) bond motifs is 1. The van der Waals surface area contributed by atoms with Gasteiger partial charge < -0.3 is 10.2 Å². The molecule has 28 heavy (non-hydrogen) atoms. The number of nitrogens with zero attached hydrogens (tertiary/aromatic N) is 3. The lowest BCUT2D eigenvalue weighted by Gasteiger charge is -2.25. The predicted octanol–water partition coefficient (Wildman–Crippen LogP) is 3.83. The fourth-order valence-corrected chi connectivity index (χ4v) is 3.73. The molecule has 144 valence electrons. The molecule has 1 aliphatic rings. The molecule has 4 rings (SSSR count). The number of carbonyl (C=O) groups excluding carboxylic acids is 2. The third kappa shape index (κ3) is 3.38. The van der Waals surface area contributed by atoms with E-state index in [9.17, 15) is 9.59 Å².